The third-order valence-corrected chi connectivity index (χ3v) is 4.30. The summed E-state index contributed by atoms with van der Waals surface area (Å²) < 4.78 is 0. The van der Waals surface area contributed by atoms with Crippen molar-refractivity contribution in [2.45, 2.75) is 25.9 Å². The minimum Gasteiger partial charge on any atom is -0.312 e. The first-order valence-electron chi connectivity index (χ1n) is 7.38. The fourth-order valence-corrected chi connectivity index (χ4v) is 3.19. The van der Waals surface area contributed by atoms with E-state index >= 15 is 0 Å². The van der Waals surface area contributed by atoms with Crippen molar-refractivity contribution in [1.29, 1.82) is 5.26 Å². The number of carbonyl (C=O) groups excluding carboxylic acids is 1. The van der Waals surface area contributed by atoms with Gasteiger partial charge in [-0.1, -0.05) is 12.1 Å². The number of nitrogens with one attached hydrogen (secondary N) is 1. The number of rotatable bonds is 2. The zero-order valence-electron chi connectivity index (χ0n) is 12.0. The zero-order valence-corrected chi connectivity index (χ0v) is 12.0. The number of aromatic nitrogens is 2. The van der Waals surface area contributed by atoms with E-state index in [4.69, 9.17) is 5.26 Å². The van der Waals surface area contributed by atoms with Crippen LogP contribution >= 0.6 is 0 Å². The predicted molar refractivity (Wildman–Crippen MR) is 80.5 cm³/mol. The van der Waals surface area contributed by atoms with Gasteiger partial charge in [-0.2, -0.15) is 10.4 Å². The van der Waals surface area contributed by atoms with Crippen LogP contribution in [-0.2, 0) is 17.9 Å². The predicted octanol–water partition coefficient (Wildman–Crippen LogP) is 2.00. The van der Waals surface area contributed by atoms with Crippen molar-refractivity contribution < 1.29 is 4.79 Å². The lowest BCUT2D eigenvalue weighted by Gasteiger charge is -2.16. The largest absolute Gasteiger partial charge is 0.312 e. The molecule has 1 N–H and O–H groups in total. The van der Waals surface area contributed by atoms with E-state index in [0.29, 0.717) is 19.5 Å². The summed E-state index contributed by atoms with van der Waals surface area (Å²) in [6.45, 7) is 1.96. The molecule has 2 aliphatic heterocycles. The first-order chi connectivity index (χ1) is 10.8. The van der Waals surface area contributed by atoms with Crippen LogP contribution in [0.3, 0.4) is 0 Å². The highest BCUT2D eigenvalue weighted by Gasteiger charge is 2.26. The van der Waals surface area contributed by atoms with E-state index in [9.17, 15) is 4.79 Å². The quantitative estimate of drug-likeness (QED) is 0.859. The molecule has 110 valence electrons. The Balaban J connectivity index is 1.70. The molecule has 2 aromatic rings. The molecular formula is C16H15N5O. The molecule has 6 heteroatoms. The van der Waals surface area contributed by atoms with Gasteiger partial charge in [0.2, 0.25) is 5.91 Å². The first kappa shape index (κ1) is 12.9. The third kappa shape index (κ3) is 1.94. The number of fused-ring (bicyclic) bond motifs is 1. The second-order valence-corrected chi connectivity index (χ2v) is 5.68. The van der Waals surface area contributed by atoms with Gasteiger partial charge in [-0.15, -0.1) is 0 Å². The smallest absolute Gasteiger partial charge is 0.227 e. The molecule has 1 saturated heterocycles. The minimum atomic E-state index is 0.181. The Hall–Kier alpha value is -2.81. The molecule has 0 spiro atoms. The van der Waals surface area contributed by atoms with Crippen molar-refractivity contribution in [2.24, 2.45) is 0 Å². The molecular weight excluding hydrogens is 278 g/mol. The lowest BCUT2D eigenvalue weighted by atomic mass is 10.1. The van der Waals surface area contributed by atoms with Gasteiger partial charge in [-0.25, -0.2) is 0 Å². The molecule has 0 atom stereocenters. The standard InChI is InChI=1S/C16H15N5O/c17-10-20-8-13-14(9-20)18-19-16(13)11-3-1-4-12(7-11)21-6-2-5-15(21)22/h1,3-4,7H,2,5-6,8-9H2,(H,18,19). The van der Waals surface area contributed by atoms with Gasteiger partial charge in [-0.05, 0) is 18.6 Å². The Morgan fingerprint density at radius 2 is 2.23 bits per heavy atom. The molecule has 1 amide bonds. The number of amides is 1. The van der Waals surface area contributed by atoms with E-state index in [1.165, 1.54) is 0 Å². The number of nitrogens with zero attached hydrogens (tertiary/aromatic N) is 4. The molecule has 0 unspecified atom stereocenters. The van der Waals surface area contributed by atoms with Gasteiger partial charge in [0.15, 0.2) is 6.19 Å². The lowest BCUT2D eigenvalue weighted by molar-refractivity contribution is -0.117. The Labute approximate surface area is 128 Å². The Morgan fingerprint density at radius 1 is 1.32 bits per heavy atom. The van der Waals surface area contributed by atoms with E-state index in [2.05, 4.69) is 16.4 Å². The Bertz CT molecular complexity index is 788. The molecule has 3 heterocycles. The number of hydrogen-bond acceptors (Lipinski definition) is 4. The van der Waals surface area contributed by atoms with Crippen LogP contribution in [0.1, 0.15) is 24.1 Å². The van der Waals surface area contributed by atoms with Crippen LogP contribution in [0.25, 0.3) is 11.3 Å². The SMILES string of the molecule is N#CN1Cc2[nH]nc(-c3cccc(N4CCCC4=O)c3)c2C1. The van der Waals surface area contributed by atoms with E-state index < -0.39 is 0 Å². The summed E-state index contributed by atoms with van der Waals surface area (Å²) in [5.41, 5.74) is 4.85. The normalized spacial score (nSPS) is 17.0. The van der Waals surface area contributed by atoms with E-state index in [1.807, 2.05) is 29.2 Å². The summed E-state index contributed by atoms with van der Waals surface area (Å²) in [4.78, 5) is 15.4. The number of H-pyrrole nitrogens is 1. The fourth-order valence-electron chi connectivity index (χ4n) is 3.19. The van der Waals surface area contributed by atoms with E-state index in [1.54, 1.807) is 4.90 Å². The Kier molecular flexibility index (Phi) is 2.86. The van der Waals surface area contributed by atoms with Crippen LogP contribution in [0.15, 0.2) is 24.3 Å². The van der Waals surface area contributed by atoms with Crippen molar-refractivity contribution >= 4 is 11.6 Å². The maximum absolute atomic E-state index is 11.9. The highest BCUT2D eigenvalue weighted by molar-refractivity contribution is 5.95. The average molecular weight is 293 g/mol. The van der Waals surface area contributed by atoms with E-state index in [-0.39, 0.29) is 5.91 Å². The molecule has 0 saturated carbocycles. The maximum atomic E-state index is 11.9. The number of carbonyl (C=O) groups is 1. The minimum absolute atomic E-state index is 0.181. The van der Waals surface area contributed by atoms with Gasteiger partial charge in [0.1, 0.15) is 0 Å². The highest BCUT2D eigenvalue weighted by atomic mass is 16.2. The fraction of sp³-hybridized carbons (Fsp3) is 0.312. The monoisotopic (exact) mass is 293 g/mol. The highest BCUT2D eigenvalue weighted by Crippen LogP contribution is 2.32. The molecule has 0 aliphatic carbocycles. The first-order valence-corrected chi connectivity index (χ1v) is 7.38. The summed E-state index contributed by atoms with van der Waals surface area (Å²) in [5, 5.41) is 16.5. The molecule has 6 nitrogen and oxygen atoms in total. The number of nitriles is 1. The van der Waals surface area contributed by atoms with Crippen molar-refractivity contribution in [3.05, 3.63) is 35.5 Å². The summed E-state index contributed by atoms with van der Waals surface area (Å²) in [6.07, 6.45) is 3.71. The van der Waals surface area contributed by atoms with Crippen LogP contribution in [-0.4, -0.2) is 27.5 Å². The van der Waals surface area contributed by atoms with Gasteiger partial charge in [0.05, 0.1) is 24.5 Å². The van der Waals surface area contributed by atoms with Crippen LogP contribution < -0.4 is 4.90 Å². The summed E-state index contributed by atoms with van der Waals surface area (Å²) >= 11 is 0. The van der Waals surface area contributed by atoms with Gasteiger partial charge in [0, 0.05) is 29.8 Å². The van der Waals surface area contributed by atoms with Crippen LogP contribution in [0.4, 0.5) is 5.69 Å². The zero-order chi connectivity index (χ0) is 15.1. The number of anilines is 1. The summed E-state index contributed by atoms with van der Waals surface area (Å²) in [7, 11) is 0. The molecule has 1 aromatic carbocycles. The Morgan fingerprint density at radius 3 is 3.00 bits per heavy atom. The molecule has 22 heavy (non-hydrogen) atoms. The van der Waals surface area contributed by atoms with Crippen LogP contribution in [0.5, 0.6) is 0 Å². The van der Waals surface area contributed by atoms with Crippen molar-refractivity contribution in [3.8, 4) is 17.5 Å². The van der Waals surface area contributed by atoms with Crippen molar-refractivity contribution in [2.75, 3.05) is 11.4 Å². The number of aromatic amines is 1. The van der Waals surface area contributed by atoms with Gasteiger partial charge < -0.3 is 9.80 Å². The molecule has 4 rings (SSSR count). The third-order valence-electron chi connectivity index (χ3n) is 4.30. The lowest BCUT2D eigenvalue weighted by Crippen LogP contribution is -2.23. The molecule has 1 aromatic heterocycles. The van der Waals surface area contributed by atoms with E-state index in [0.717, 1.165) is 41.2 Å². The molecule has 1 fully saturated rings. The van der Waals surface area contributed by atoms with Gasteiger partial charge >= 0.3 is 0 Å². The molecule has 2 aliphatic rings. The topological polar surface area (TPSA) is 76.0 Å². The van der Waals surface area contributed by atoms with Crippen molar-refractivity contribution in [3.63, 3.8) is 0 Å². The van der Waals surface area contributed by atoms with Crippen LogP contribution in [0, 0.1) is 11.5 Å². The number of hydrogen-bond donors (Lipinski definition) is 1. The van der Waals surface area contributed by atoms with Gasteiger partial charge in [0.25, 0.3) is 0 Å². The maximum Gasteiger partial charge on any atom is 0.227 e. The average Bonchev–Trinajstić information content (AvgIpc) is 3.21. The number of benzene rings is 1. The van der Waals surface area contributed by atoms with Crippen LogP contribution in [0.2, 0.25) is 0 Å². The molecule has 0 radical (unpaired) electrons. The second kappa shape index (κ2) is 4.88. The second-order valence-electron chi connectivity index (χ2n) is 5.68. The van der Waals surface area contributed by atoms with Crippen molar-refractivity contribution in [1.82, 2.24) is 15.1 Å². The summed E-state index contributed by atoms with van der Waals surface area (Å²) in [5.74, 6) is 0.181. The summed E-state index contributed by atoms with van der Waals surface area (Å²) in [6, 6.07) is 7.92. The van der Waals surface area contributed by atoms with Gasteiger partial charge in [-0.3, -0.25) is 9.89 Å². The molecule has 0 bridgehead atoms.